The van der Waals surface area contributed by atoms with Gasteiger partial charge in [-0.1, -0.05) is 35.9 Å². The summed E-state index contributed by atoms with van der Waals surface area (Å²) in [5.74, 6) is 0. The molecule has 0 fully saturated rings. The minimum Gasteiger partial charge on any atom is -0.266 e. The number of aromatic nitrogens is 2. The third-order valence-electron chi connectivity index (χ3n) is 3.57. The highest BCUT2D eigenvalue weighted by atomic mass is 35.5. The van der Waals surface area contributed by atoms with Crippen LogP contribution in [0.5, 0.6) is 0 Å². The van der Waals surface area contributed by atoms with Crippen molar-refractivity contribution in [1.82, 2.24) is 8.77 Å². The van der Waals surface area contributed by atoms with E-state index < -0.39 is 21.1 Å². The molecule has 0 aliphatic rings. The molecular weight excluding hydrogens is 381 g/mol. The van der Waals surface area contributed by atoms with Crippen LogP contribution in [0.25, 0.3) is 10.9 Å². The molecule has 25 heavy (non-hydrogen) atoms. The predicted molar refractivity (Wildman–Crippen MR) is 87.1 cm³/mol. The van der Waals surface area contributed by atoms with E-state index in [4.69, 9.17) is 11.6 Å². The molecule has 3 rings (SSSR count). The lowest BCUT2D eigenvalue weighted by molar-refractivity contribution is -0.0453. The summed E-state index contributed by atoms with van der Waals surface area (Å²) in [5.41, 5.74) is -6.29. The Balaban J connectivity index is 2.31. The Morgan fingerprint density at radius 1 is 1.00 bits per heavy atom. The van der Waals surface area contributed by atoms with Gasteiger partial charge in [0, 0.05) is 5.02 Å². The summed E-state index contributed by atoms with van der Waals surface area (Å²) in [5, 5.41) is 0.297. The maximum atomic E-state index is 13.0. The maximum absolute atomic E-state index is 13.0. The van der Waals surface area contributed by atoms with Crippen molar-refractivity contribution in [3.63, 3.8) is 0 Å². The van der Waals surface area contributed by atoms with Gasteiger partial charge in [-0.15, -0.1) is 4.09 Å². The van der Waals surface area contributed by atoms with Gasteiger partial charge in [-0.25, -0.2) is 0 Å². The highest BCUT2D eigenvalue weighted by molar-refractivity contribution is 7.90. The molecule has 2 aromatic carbocycles. The molecule has 0 saturated heterocycles. The number of halogens is 4. The first-order valence-electron chi connectivity index (χ1n) is 6.90. The minimum atomic E-state index is -5.89. The van der Waals surface area contributed by atoms with Crippen molar-refractivity contribution in [2.24, 2.45) is 0 Å². The Morgan fingerprint density at radius 3 is 2.20 bits per heavy atom. The zero-order chi connectivity index (χ0) is 18.4. The summed E-state index contributed by atoms with van der Waals surface area (Å²) >= 11 is 5.77. The van der Waals surface area contributed by atoms with Gasteiger partial charge >= 0.3 is 15.5 Å². The molecule has 0 unspecified atom stereocenters. The second-order valence-corrected chi connectivity index (χ2v) is 7.40. The highest BCUT2D eigenvalue weighted by Gasteiger charge is 2.49. The highest BCUT2D eigenvalue weighted by Crippen LogP contribution is 2.26. The average Bonchev–Trinajstić information content (AvgIpc) is 2.82. The second-order valence-electron chi connectivity index (χ2n) is 5.20. The van der Waals surface area contributed by atoms with Crippen molar-refractivity contribution >= 4 is 32.5 Å². The van der Waals surface area contributed by atoms with Gasteiger partial charge in [0.25, 0.3) is 5.56 Å². The lowest BCUT2D eigenvalue weighted by Crippen LogP contribution is -2.39. The van der Waals surface area contributed by atoms with Crippen molar-refractivity contribution in [3.8, 4) is 0 Å². The summed E-state index contributed by atoms with van der Waals surface area (Å²) in [6.07, 6.45) is 0. The molecule has 10 heteroatoms. The number of nitrogens with zero attached hydrogens (tertiary/aromatic N) is 2. The predicted octanol–water partition coefficient (Wildman–Crippen LogP) is 3.20. The van der Waals surface area contributed by atoms with Crippen LogP contribution in [0, 0.1) is 0 Å². The first-order chi connectivity index (χ1) is 11.6. The molecule has 5 nitrogen and oxygen atoms in total. The number of para-hydroxylation sites is 1. The smallest absolute Gasteiger partial charge is 0.266 e. The third kappa shape index (κ3) is 2.93. The topological polar surface area (TPSA) is 61.1 Å². The van der Waals surface area contributed by atoms with Crippen LogP contribution in [0.4, 0.5) is 13.2 Å². The summed E-state index contributed by atoms with van der Waals surface area (Å²) in [4.78, 5) is 12.3. The fourth-order valence-corrected chi connectivity index (χ4v) is 3.48. The number of hydrogen-bond donors (Lipinski definition) is 0. The Bertz CT molecular complexity index is 1100. The largest absolute Gasteiger partial charge is 0.518 e. The van der Waals surface area contributed by atoms with Gasteiger partial charge in [0.2, 0.25) is 0 Å². The van der Waals surface area contributed by atoms with Gasteiger partial charge in [0.05, 0.1) is 17.4 Å². The van der Waals surface area contributed by atoms with Gasteiger partial charge in [-0.2, -0.15) is 21.6 Å². The van der Waals surface area contributed by atoms with Crippen molar-refractivity contribution in [3.05, 3.63) is 69.5 Å². The van der Waals surface area contributed by atoms with Crippen LogP contribution in [0.3, 0.4) is 0 Å². The van der Waals surface area contributed by atoms with Crippen molar-refractivity contribution < 1.29 is 21.6 Å². The molecule has 0 N–H and O–H groups in total. The molecular formula is C15H10ClF3N2O3S. The number of fused-ring (bicyclic) bond motifs is 1. The van der Waals surface area contributed by atoms with Crippen LogP contribution < -0.4 is 5.56 Å². The van der Waals surface area contributed by atoms with E-state index in [9.17, 15) is 26.4 Å². The van der Waals surface area contributed by atoms with Gasteiger partial charge in [-0.3, -0.25) is 9.48 Å². The normalized spacial score (nSPS) is 12.6. The van der Waals surface area contributed by atoms with Gasteiger partial charge in [0.15, 0.2) is 0 Å². The van der Waals surface area contributed by atoms with E-state index >= 15 is 0 Å². The molecule has 3 aromatic rings. The number of rotatable bonds is 3. The number of alkyl halides is 3. The van der Waals surface area contributed by atoms with E-state index in [2.05, 4.69) is 0 Å². The summed E-state index contributed by atoms with van der Waals surface area (Å²) < 4.78 is 63.4. The van der Waals surface area contributed by atoms with E-state index in [1.807, 2.05) is 0 Å². The molecule has 1 aromatic heterocycles. The lowest BCUT2D eigenvalue weighted by atomic mass is 10.2. The third-order valence-corrected chi connectivity index (χ3v) is 5.23. The van der Waals surface area contributed by atoms with Crippen LogP contribution in [-0.4, -0.2) is 22.7 Å². The Morgan fingerprint density at radius 2 is 1.60 bits per heavy atom. The zero-order valence-electron chi connectivity index (χ0n) is 12.4. The molecule has 0 aliphatic heterocycles. The molecule has 0 saturated carbocycles. The van der Waals surface area contributed by atoms with Crippen molar-refractivity contribution in [1.29, 1.82) is 0 Å². The van der Waals surface area contributed by atoms with Crippen LogP contribution in [0.15, 0.2) is 53.3 Å². The Hall–Kier alpha value is -2.26. The molecule has 0 atom stereocenters. The molecule has 132 valence electrons. The van der Waals surface area contributed by atoms with Crippen molar-refractivity contribution in [2.45, 2.75) is 12.1 Å². The van der Waals surface area contributed by atoms with Crippen molar-refractivity contribution in [2.75, 3.05) is 0 Å². The maximum Gasteiger partial charge on any atom is 0.518 e. The van der Waals surface area contributed by atoms with E-state index in [-0.39, 0.29) is 21.5 Å². The quantitative estimate of drug-likeness (QED) is 0.690. The summed E-state index contributed by atoms with van der Waals surface area (Å²) in [7, 11) is -5.89. The molecule has 0 amide bonds. The van der Waals surface area contributed by atoms with E-state index in [0.717, 1.165) is 4.68 Å². The zero-order valence-corrected chi connectivity index (χ0v) is 13.9. The molecule has 1 heterocycles. The van der Waals surface area contributed by atoms with E-state index in [1.54, 1.807) is 0 Å². The number of benzene rings is 2. The van der Waals surface area contributed by atoms with Crippen LogP contribution in [0.2, 0.25) is 5.02 Å². The average molecular weight is 391 g/mol. The molecule has 0 bridgehead atoms. The number of hydrogen-bond acceptors (Lipinski definition) is 3. The molecule has 0 radical (unpaired) electrons. The fourth-order valence-electron chi connectivity index (χ4n) is 2.44. The van der Waals surface area contributed by atoms with Gasteiger partial charge in [-0.05, 0) is 29.8 Å². The van der Waals surface area contributed by atoms with Gasteiger partial charge in [0.1, 0.15) is 0 Å². The van der Waals surface area contributed by atoms with Crippen LogP contribution >= 0.6 is 11.6 Å². The Kier molecular flexibility index (Phi) is 4.16. The molecule has 0 spiro atoms. The molecule has 0 aliphatic carbocycles. The second kappa shape index (κ2) is 5.92. The van der Waals surface area contributed by atoms with E-state index in [0.29, 0.717) is 10.6 Å². The lowest BCUT2D eigenvalue weighted by Gasteiger charge is -2.14. The first kappa shape index (κ1) is 17.6. The minimum absolute atomic E-state index is 0.0790. The van der Waals surface area contributed by atoms with Crippen LogP contribution in [0.1, 0.15) is 5.56 Å². The Labute approximate surface area is 144 Å². The standard InChI is InChI=1S/C15H10ClF3N2O3S/c16-11-7-5-10(6-8-11)9-20-13-4-2-1-3-12(13)14(22)21(20)25(23,24)15(17,18)19/h1-8H,9H2. The summed E-state index contributed by atoms with van der Waals surface area (Å²) in [6.45, 7) is -0.255. The van der Waals surface area contributed by atoms with Gasteiger partial charge < -0.3 is 0 Å². The first-order valence-corrected chi connectivity index (χ1v) is 8.71. The van der Waals surface area contributed by atoms with Crippen LogP contribution in [-0.2, 0) is 16.6 Å². The SMILES string of the molecule is O=c1c2ccccc2n(Cc2ccc(Cl)cc2)n1S(=O)(=O)C(F)(F)F. The fraction of sp³-hybridized carbons (Fsp3) is 0.133. The summed E-state index contributed by atoms with van der Waals surface area (Å²) in [6, 6.07) is 11.7. The monoisotopic (exact) mass is 390 g/mol. The van der Waals surface area contributed by atoms with E-state index in [1.165, 1.54) is 48.5 Å².